The number of pyridine rings is 1. The van der Waals surface area contributed by atoms with Gasteiger partial charge in [0.05, 0.1) is 5.69 Å². The number of nitrogens with one attached hydrogen (secondary N) is 1. The topological polar surface area (TPSA) is 67.7 Å². The van der Waals surface area contributed by atoms with Crippen molar-refractivity contribution in [2.24, 2.45) is 0 Å². The Morgan fingerprint density at radius 1 is 0.743 bits per heavy atom. The third-order valence-electron chi connectivity index (χ3n) is 5.70. The number of hydrogen-bond acceptors (Lipinski definition) is 3. The molecule has 2 heterocycles. The molecule has 0 saturated carbocycles. The molecule has 3 aromatic carbocycles. The molecule has 0 radical (unpaired) electrons. The van der Waals surface area contributed by atoms with Crippen LogP contribution in [0.5, 0.6) is 0 Å². The third-order valence-corrected chi connectivity index (χ3v) is 5.93. The Hall–Kier alpha value is -4.48. The third kappa shape index (κ3) is 4.37. The number of fused-ring (bicyclic) bond motifs is 1. The van der Waals surface area contributed by atoms with Gasteiger partial charge in [0.25, 0.3) is 11.7 Å². The molecule has 5 aromatic rings. The van der Waals surface area contributed by atoms with E-state index in [4.69, 9.17) is 11.6 Å². The number of benzene rings is 3. The quantitative estimate of drug-likeness (QED) is 0.229. The van der Waals surface area contributed by atoms with Crippen LogP contribution in [-0.2, 0) is 4.79 Å². The molecule has 0 unspecified atom stereocenters. The maximum atomic E-state index is 13.5. The summed E-state index contributed by atoms with van der Waals surface area (Å²) in [5.74, 6) is -1.88. The van der Waals surface area contributed by atoms with Gasteiger partial charge in [0.2, 0.25) is 0 Å². The van der Waals surface area contributed by atoms with Crippen molar-refractivity contribution in [2.75, 3.05) is 5.32 Å². The van der Waals surface area contributed by atoms with Gasteiger partial charge in [-0.2, -0.15) is 0 Å². The summed E-state index contributed by atoms with van der Waals surface area (Å²) in [6.07, 6.45) is 1.74. The first-order chi connectivity index (χ1) is 17.0. The Balaban J connectivity index is 1.53. The molecule has 170 valence electrons. The largest absolute Gasteiger partial charge is 0.318 e. The molecular formula is C29H19ClN2O3. The van der Waals surface area contributed by atoms with Crippen molar-refractivity contribution in [2.45, 2.75) is 0 Å². The Morgan fingerprint density at radius 3 is 2.17 bits per heavy atom. The Labute approximate surface area is 206 Å². The van der Waals surface area contributed by atoms with Crippen molar-refractivity contribution in [1.82, 2.24) is 4.40 Å². The number of hydrogen-bond donors (Lipinski definition) is 1. The van der Waals surface area contributed by atoms with E-state index in [0.29, 0.717) is 16.1 Å². The minimum absolute atomic E-state index is 0.202. The number of aromatic nitrogens is 1. The molecule has 1 amide bonds. The van der Waals surface area contributed by atoms with E-state index in [9.17, 15) is 14.4 Å². The number of anilines is 1. The monoisotopic (exact) mass is 478 g/mol. The van der Waals surface area contributed by atoms with Gasteiger partial charge in [-0.15, -0.1) is 0 Å². The standard InChI is InChI=1S/C29H19ClN2O3/c30-21-14-15-25(24(17-21)27(33)20-11-5-2-6-12-20)31-29(35)28(34)26-23(19-9-3-1-4-10-19)18-22-13-7-8-16-32(22)26/h1-18H,(H,31,35). The summed E-state index contributed by atoms with van der Waals surface area (Å²) in [5.41, 5.74) is 3.35. The first kappa shape index (κ1) is 22.3. The highest BCUT2D eigenvalue weighted by atomic mass is 35.5. The lowest BCUT2D eigenvalue weighted by atomic mass is 10.0. The molecule has 0 aliphatic carbocycles. The summed E-state index contributed by atoms with van der Waals surface area (Å²) in [6, 6.07) is 30.1. The first-order valence-electron chi connectivity index (χ1n) is 10.9. The van der Waals surface area contributed by atoms with Gasteiger partial charge in [0.15, 0.2) is 5.78 Å². The Morgan fingerprint density at radius 2 is 1.43 bits per heavy atom. The summed E-state index contributed by atoms with van der Waals surface area (Å²) in [4.78, 5) is 39.8. The van der Waals surface area contributed by atoms with Crippen LogP contribution in [0.4, 0.5) is 5.69 Å². The van der Waals surface area contributed by atoms with Crippen LogP contribution in [0.3, 0.4) is 0 Å². The van der Waals surface area contributed by atoms with Crippen molar-refractivity contribution >= 4 is 40.3 Å². The maximum absolute atomic E-state index is 13.5. The van der Waals surface area contributed by atoms with Gasteiger partial charge in [-0.05, 0) is 42.0 Å². The van der Waals surface area contributed by atoms with E-state index in [-0.39, 0.29) is 22.7 Å². The Bertz CT molecular complexity index is 1570. The van der Waals surface area contributed by atoms with Crippen LogP contribution < -0.4 is 5.32 Å². The number of ketones is 2. The zero-order valence-corrected chi connectivity index (χ0v) is 19.2. The molecule has 5 nitrogen and oxygen atoms in total. The SMILES string of the molecule is O=C(Nc1ccc(Cl)cc1C(=O)c1ccccc1)C(=O)c1c(-c2ccccc2)cc2ccccn12. The van der Waals surface area contributed by atoms with Crippen molar-refractivity contribution < 1.29 is 14.4 Å². The van der Waals surface area contributed by atoms with E-state index in [0.717, 1.165) is 11.1 Å². The van der Waals surface area contributed by atoms with Gasteiger partial charge in [-0.1, -0.05) is 78.3 Å². The van der Waals surface area contributed by atoms with Crippen LogP contribution in [0.25, 0.3) is 16.6 Å². The molecule has 6 heteroatoms. The zero-order valence-electron chi connectivity index (χ0n) is 18.4. The average Bonchev–Trinajstić information content (AvgIpc) is 3.29. The summed E-state index contributed by atoms with van der Waals surface area (Å²) in [7, 11) is 0. The van der Waals surface area contributed by atoms with E-state index in [1.54, 1.807) is 47.0 Å². The van der Waals surface area contributed by atoms with Crippen molar-refractivity contribution in [1.29, 1.82) is 0 Å². The van der Waals surface area contributed by atoms with Gasteiger partial charge in [0, 0.05) is 33.4 Å². The van der Waals surface area contributed by atoms with E-state index < -0.39 is 11.7 Å². The molecule has 35 heavy (non-hydrogen) atoms. The molecule has 1 N–H and O–H groups in total. The Kier molecular flexibility index (Phi) is 6.00. The minimum atomic E-state index is -0.851. The van der Waals surface area contributed by atoms with Gasteiger partial charge in [-0.3, -0.25) is 14.4 Å². The lowest BCUT2D eigenvalue weighted by Crippen LogP contribution is -2.25. The fraction of sp³-hybridized carbons (Fsp3) is 0. The molecule has 5 rings (SSSR count). The van der Waals surface area contributed by atoms with Gasteiger partial charge in [-0.25, -0.2) is 0 Å². The van der Waals surface area contributed by atoms with E-state index in [1.807, 2.05) is 54.6 Å². The molecule has 0 atom stereocenters. The molecule has 0 fully saturated rings. The molecule has 0 bridgehead atoms. The van der Waals surface area contributed by atoms with E-state index in [2.05, 4.69) is 5.32 Å². The fourth-order valence-corrected chi connectivity index (χ4v) is 4.21. The summed E-state index contributed by atoms with van der Waals surface area (Å²) < 4.78 is 1.70. The zero-order chi connectivity index (χ0) is 24.4. The predicted molar refractivity (Wildman–Crippen MR) is 137 cm³/mol. The number of nitrogens with zero attached hydrogens (tertiary/aromatic N) is 1. The average molecular weight is 479 g/mol. The van der Waals surface area contributed by atoms with Crippen molar-refractivity contribution in [3.8, 4) is 11.1 Å². The fourth-order valence-electron chi connectivity index (χ4n) is 4.04. The molecule has 0 aliphatic rings. The van der Waals surface area contributed by atoms with E-state index >= 15 is 0 Å². The summed E-state index contributed by atoms with van der Waals surface area (Å²) in [5, 5.41) is 2.98. The number of carbonyl (C=O) groups excluding carboxylic acids is 3. The first-order valence-corrected chi connectivity index (χ1v) is 11.3. The van der Waals surface area contributed by atoms with Crippen LogP contribution in [0.1, 0.15) is 26.4 Å². The second-order valence-electron chi connectivity index (χ2n) is 7.94. The summed E-state index contributed by atoms with van der Waals surface area (Å²) >= 11 is 6.15. The number of Topliss-reactive ketones (excluding diaryl/α,β-unsaturated/α-hetero) is 1. The van der Waals surface area contributed by atoms with Crippen LogP contribution in [-0.4, -0.2) is 21.9 Å². The second-order valence-corrected chi connectivity index (χ2v) is 8.37. The summed E-state index contributed by atoms with van der Waals surface area (Å²) in [6.45, 7) is 0. The molecule has 0 aliphatic heterocycles. The van der Waals surface area contributed by atoms with Crippen LogP contribution in [0.2, 0.25) is 5.02 Å². The van der Waals surface area contributed by atoms with Crippen LogP contribution in [0, 0.1) is 0 Å². The van der Waals surface area contributed by atoms with Gasteiger partial charge < -0.3 is 9.72 Å². The maximum Gasteiger partial charge on any atom is 0.298 e. The predicted octanol–water partition coefficient (Wildman–Crippen LogP) is 6.31. The lowest BCUT2D eigenvalue weighted by molar-refractivity contribution is -0.112. The van der Waals surface area contributed by atoms with Crippen LogP contribution >= 0.6 is 11.6 Å². The van der Waals surface area contributed by atoms with Crippen molar-refractivity contribution in [3.05, 3.63) is 131 Å². The smallest absolute Gasteiger partial charge is 0.298 e. The molecule has 2 aromatic heterocycles. The highest BCUT2D eigenvalue weighted by Crippen LogP contribution is 2.29. The molecule has 0 saturated heterocycles. The van der Waals surface area contributed by atoms with Gasteiger partial charge >= 0.3 is 0 Å². The number of halogens is 1. The number of rotatable bonds is 6. The van der Waals surface area contributed by atoms with Crippen molar-refractivity contribution in [3.63, 3.8) is 0 Å². The lowest BCUT2D eigenvalue weighted by Gasteiger charge is -2.12. The molecular weight excluding hydrogens is 460 g/mol. The van der Waals surface area contributed by atoms with Gasteiger partial charge in [0.1, 0.15) is 5.69 Å². The highest BCUT2D eigenvalue weighted by molar-refractivity contribution is 6.47. The second kappa shape index (κ2) is 9.41. The molecule has 0 spiro atoms. The van der Waals surface area contributed by atoms with Crippen LogP contribution in [0.15, 0.2) is 109 Å². The number of amides is 1. The normalized spacial score (nSPS) is 10.8. The highest BCUT2D eigenvalue weighted by Gasteiger charge is 2.26. The van der Waals surface area contributed by atoms with E-state index in [1.165, 1.54) is 12.1 Å². The number of carbonyl (C=O) groups is 3. The minimum Gasteiger partial charge on any atom is -0.318 e.